The lowest BCUT2D eigenvalue weighted by Crippen LogP contribution is -2.16. The van der Waals surface area contributed by atoms with Crippen LogP contribution in [0.25, 0.3) is 10.8 Å². The Morgan fingerprint density at radius 2 is 1.33 bits per heavy atom. The van der Waals surface area contributed by atoms with Gasteiger partial charge in [0, 0.05) is 6.42 Å². The highest BCUT2D eigenvalue weighted by Gasteiger charge is 2.23. The number of Topliss-reactive ketones (excluding diaryl/α,β-unsaturated/α-hetero) is 1. The Morgan fingerprint density at radius 1 is 0.704 bits per heavy atom. The van der Waals surface area contributed by atoms with Gasteiger partial charge in [0.25, 0.3) is 0 Å². The molecule has 0 fully saturated rings. The molecule has 1 unspecified atom stereocenters. The molecular formula is C26H22O. The Morgan fingerprint density at radius 3 is 2.11 bits per heavy atom. The zero-order valence-electron chi connectivity index (χ0n) is 15.4. The van der Waals surface area contributed by atoms with Crippen molar-refractivity contribution in [1.82, 2.24) is 0 Å². The first-order valence-corrected chi connectivity index (χ1v) is 9.33. The van der Waals surface area contributed by atoms with Gasteiger partial charge in [0.15, 0.2) is 0 Å². The number of aryl methyl sites for hydroxylation is 1. The normalized spacial score (nSPS) is 12.0. The molecule has 1 heteroatoms. The van der Waals surface area contributed by atoms with E-state index in [1.807, 2.05) is 48.5 Å². The number of hydrogen-bond acceptors (Lipinski definition) is 1. The molecular weight excluding hydrogens is 328 g/mol. The van der Waals surface area contributed by atoms with Crippen LogP contribution in [0, 0.1) is 6.92 Å². The maximum Gasteiger partial charge on any atom is 0.149 e. The molecule has 0 aliphatic heterocycles. The average molecular weight is 350 g/mol. The lowest BCUT2D eigenvalue weighted by molar-refractivity contribution is -0.119. The Labute approximate surface area is 160 Å². The van der Waals surface area contributed by atoms with Crippen molar-refractivity contribution in [3.05, 3.63) is 119 Å². The van der Waals surface area contributed by atoms with Gasteiger partial charge in [0.05, 0.1) is 5.92 Å². The third-order valence-electron chi connectivity index (χ3n) is 5.11. The largest absolute Gasteiger partial charge is 0.298 e. The van der Waals surface area contributed by atoms with Crippen molar-refractivity contribution in [2.45, 2.75) is 19.3 Å². The van der Waals surface area contributed by atoms with Crippen LogP contribution in [0.5, 0.6) is 0 Å². The predicted octanol–water partition coefficient (Wildman–Crippen LogP) is 6.09. The lowest BCUT2D eigenvalue weighted by Gasteiger charge is -2.18. The smallest absolute Gasteiger partial charge is 0.149 e. The van der Waals surface area contributed by atoms with Crippen molar-refractivity contribution in [2.24, 2.45) is 0 Å². The molecule has 0 N–H and O–H groups in total. The second-order valence-electron chi connectivity index (χ2n) is 7.04. The van der Waals surface area contributed by atoms with Crippen molar-refractivity contribution in [3.8, 4) is 0 Å². The molecule has 0 aliphatic rings. The summed E-state index contributed by atoms with van der Waals surface area (Å²) in [5, 5.41) is 2.33. The Hall–Kier alpha value is -3.19. The highest BCUT2D eigenvalue weighted by atomic mass is 16.1. The third-order valence-corrected chi connectivity index (χ3v) is 5.11. The van der Waals surface area contributed by atoms with Gasteiger partial charge in [-0.15, -0.1) is 0 Å². The van der Waals surface area contributed by atoms with E-state index in [-0.39, 0.29) is 11.7 Å². The summed E-state index contributed by atoms with van der Waals surface area (Å²) in [6, 6.07) is 32.9. The van der Waals surface area contributed by atoms with E-state index in [0.717, 1.165) is 22.1 Å². The molecule has 0 amide bonds. The molecule has 0 saturated heterocycles. The van der Waals surface area contributed by atoms with Crippen LogP contribution in [0.4, 0.5) is 0 Å². The van der Waals surface area contributed by atoms with E-state index in [0.29, 0.717) is 6.42 Å². The first-order chi connectivity index (χ1) is 13.2. The van der Waals surface area contributed by atoms with E-state index >= 15 is 0 Å². The van der Waals surface area contributed by atoms with Crippen LogP contribution < -0.4 is 0 Å². The van der Waals surface area contributed by atoms with Gasteiger partial charge in [-0.1, -0.05) is 103 Å². The van der Waals surface area contributed by atoms with Gasteiger partial charge >= 0.3 is 0 Å². The zero-order chi connectivity index (χ0) is 18.6. The van der Waals surface area contributed by atoms with Gasteiger partial charge < -0.3 is 0 Å². The second-order valence-corrected chi connectivity index (χ2v) is 7.04. The van der Waals surface area contributed by atoms with Crippen LogP contribution >= 0.6 is 0 Å². The molecule has 0 saturated carbocycles. The molecule has 0 aromatic heterocycles. The molecule has 0 spiro atoms. The molecule has 1 atom stereocenters. The maximum atomic E-state index is 13.4. The number of rotatable bonds is 5. The van der Waals surface area contributed by atoms with E-state index in [2.05, 4.69) is 55.5 Å². The van der Waals surface area contributed by atoms with E-state index in [9.17, 15) is 4.79 Å². The summed E-state index contributed by atoms with van der Waals surface area (Å²) in [7, 11) is 0. The first kappa shape index (κ1) is 17.2. The SMILES string of the molecule is Cc1ccc(C(C(=O)Cc2cccc3ccccc23)c2ccccc2)cc1. The fraction of sp³-hybridized carbons (Fsp3) is 0.115. The van der Waals surface area contributed by atoms with Crippen molar-refractivity contribution >= 4 is 16.6 Å². The van der Waals surface area contributed by atoms with E-state index in [1.165, 1.54) is 10.9 Å². The minimum absolute atomic E-state index is 0.224. The van der Waals surface area contributed by atoms with Gasteiger partial charge in [-0.3, -0.25) is 4.79 Å². The monoisotopic (exact) mass is 350 g/mol. The summed E-state index contributed by atoms with van der Waals surface area (Å²) in [6.07, 6.45) is 0.425. The molecule has 4 rings (SSSR count). The molecule has 27 heavy (non-hydrogen) atoms. The molecule has 0 heterocycles. The van der Waals surface area contributed by atoms with Gasteiger partial charge in [-0.2, -0.15) is 0 Å². The van der Waals surface area contributed by atoms with Gasteiger partial charge in [0.2, 0.25) is 0 Å². The van der Waals surface area contributed by atoms with Crippen LogP contribution in [0.15, 0.2) is 97.1 Å². The van der Waals surface area contributed by atoms with Gasteiger partial charge in [0.1, 0.15) is 5.78 Å². The summed E-state index contributed by atoms with van der Waals surface area (Å²) < 4.78 is 0. The fourth-order valence-electron chi connectivity index (χ4n) is 3.71. The summed E-state index contributed by atoms with van der Waals surface area (Å²) in [5.41, 5.74) is 4.39. The highest BCUT2D eigenvalue weighted by Crippen LogP contribution is 2.29. The van der Waals surface area contributed by atoms with Gasteiger partial charge in [-0.25, -0.2) is 0 Å². The number of carbonyl (C=O) groups is 1. The molecule has 4 aromatic rings. The maximum absolute atomic E-state index is 13.4. The van der Waals surface area contributed by atoms with Crippen LogP contribution in [-0.2, 0) is 11.2 Å². The molecule has 1 nitrogen and oxygen atoms in total. The van der Waals surface area contributed by atoms with E-state index in [4.69, 9.17) is 0 Å². The van der Waals surface area contributed by atoms with Crippen LogP contribution in [0.2, 0.25) is 0 Å². The standard InChI is InChI=1S/C26H22O/c1-19-14-16-22(17-15-19)26(21-9-3-2-4-10-21)25(27)18-23-12-7-11-20-8-5-6-13-24(20)23/h2-17,26H,18H2,1H3. The fourth-order valence-corrected chi connectivity index (χ4v) is 3.71. The van der Waals surface area contributed by atoms with E-state index < -0.39 is 0 Å². The Kier molecular flexibility index (Phi) is 4.84. The van der Waals surface area contributed by atoms with E-state index in [1.54, 1.807) is 0 Å². The number of hydrogen-bond donors (Lipinski definition) is 0. The number of carbonyl (C=O) groups excluding carboxylic acids is 1. The topological polar surface area (TPSA) is 17.1 Å². The quantitative estimate of drug-likeness (QED) is 0.425. The second kappa shape index (κ2) is 7.59. The summed E-state index contributed by atoms with van der Waals surface area (Å²) >= 11 is 0. The minimum Gasteiger partial charge on any atom is -0.298 e. The van der Waals surface area contributed by atoms with Crippen LogP contribution in [-0.4, -0.2) is 5.78 Å². The highest BCUT2D eigenvalue weighted by molar-refractivity contribution is 5.95. The summed E-state index contributed by atoms with van der Waals surface area (Å²) in [5.74, 6) is -0.0211. The summed E-state index contributed by atoms with van der Waals surface area (Å²) in [4.78, 5) is 13.4. The van der Waals surface area contributed by atoms with Crippen molar-refractivity contribution in [1.29, 1.82) is 0 Å². The first-order valence-electron chi connectivity index (χ1n) is 9.33. The van der Waals surface area contributed by atoms with Crippen LogP contribution in [0.3, 0.4) is 0 Å². The lowest BCUT2D eigenvalue weighted by atomic mass is 9.84. The molecule has 132 valence electrons. The molecule has 0 radical (unpaired) electrons. The van der Waals surface area contributed by atoms with Gasteiger partial charge in [-0.05, 0) is 34.4 Å². The molecule has 0 bridgehead atoms. The number of fused-ring (bicyclic) bond motifs is 1. The third kappa shape index (κ3) is 3.68. The Balaban J connectivity index is 1.73. The molecule has 0 aliphatic carbocycles. The van der Waals surface area contributed by atoms with Crippen molar-refractivity contribution < 1.29 is 4.79 Å². The zero-order valence-corrected chi connectivity index (χ0v) is 15.4. The minimum atomic E-state index is -0.245. The predicted molar refractivity (Wildman–Crippen MR) is 112 cm³/mol. The van der Waals surface area contributed by atoms with Crippen molar-refractivity contribution in [2.75, 3.05) is 0 Å². The Bertz CT molecular complexity index is 1060. The number of ketones is 1. The summed E-state index contributed by atoms with van der Waals surface area (Å²) in [6.45, 7) is 2.07. The number of benzene rings is 4. The van der Waals surface area contributed by atoms with Crippen molar-refractivity contribution in [3.63, 3.8) is 0 Å². The van der Waals surface area contributed by atoms with Crippen LogP contribution in [0.1, 0.15) is 28.2 Å². The molecule has 4 aromatic carbocycles. The average Bonchev–Trinajstić information content (AvgIpc) is 2.71.